The van der Waals surface area contributed by atoms with E-state index in [9.17, 15) is 0 Å². The lowest BCUT2D eigenvalue weighted by Crippen LogP contribution is -2.42. The van der Waals surface area contributed by atoms with Crippen LogP contribution in [0.25, 0.3) is 0 Å². The zero-order valence-electron chi connectivity index (χ0n) is 11.8. The summed E-state index contributed by atoms with van der Waals surface area (Å²) in [4.78, 5) is 2.26. The molecule has 1 unspecified atom stereocenters. The molecule has 0 aliphatic carbocycles. The summed E-state index contributed by atoms with van der Waals surface area (Å²) in [7, 11) is 2.11. The van der Waals surface area contributed by atoms with Crippen molar-refractivity contribution in [3.63, 3.8) is 0 Å². The highest BCUT2D eigenvalue weighted by atomic mass is 16.5. The van der Waals surface area contributed by atoms with Gasteiger partial charge in [-0.15, -0.1) is 0 Å². The van der Waals surface area contributed by atoms with Crippen LogP contribution in [0.1, 0.15) is 24.9 Å². The molecule has 0 spiro atoms. The van der Waals surface area contributed by atoms with Gasteiger partial charge < -0.3 is 20.1 Å². The maximum Gasteiger partial charge on any atom is 0.119 e. The van der Waals surface area contributed by atoms with E-state index in [1.54, 1.807) is 0 Å². The van der Waals surface area contributed by atoms with Gasteiger partial charge in [0.15, 0.2) is 0 Å². The average Bonchev–Trinajstić information content (AvgIpc) is 2.45. The largest absolute Gasteiger partial charge is 0.491 e. The number of rotatable bonds is 5. The molecule has 1 aliphatic rings. The Balaban J connectivity index is 1.82. The lowest BCUT2D eigenvalue weighted by Gasteiger charge is -2.29. The van der Waals surface area contributed by atoms with E-state index in [4.69, 9.17) is 15.2 Å². The van der Waals surface area contributed by atoms with E-state index in [1.807, 2.05) is 24.3 Å². The Kier molecular flexibility index (Phi) is 5.19. The quantitative estimate of drug-likeness (QED) is 0.881. The van der Waals surface area contributed by atoms with Crippen molar-refractivity contribution in [2.75, 3.05) is 33.4 Å². The second-order valence-electron chi connectivity index (χ2n) is 5.15. The van der Waals surface area contributed by atoms with Crippen LogP contribution in [0.2, 0.25) is 0 Å². The Labute approximate surface area is 115 Å². The van der Waals surface area contributed by atoms with Crippen molar-refractivity contribution < 1.29 is 9.47 Å². The zero-order chi connectivity index (χ0) is 13.7. The van der Waals surface area contributed by atoms with Crippen molar-refractivity contribution in [3.8, 4) is 5.75 Å². The predicted molar refractivity (Wildman–Crippen MR) is 76.4 cm³/mol. The number of hydrogen-bond donors (Lipinski definition) is 1. The molecule has 2 N–H and O–H groups in total. The van der Waals surface area contributed by atoms with Crippen LogP contribution in [0.5, 0.6) is 5.75 Å². The van der Waals surface area contributed by atoms with E-state index < -0.39 is 0 Å². The van der Waals surface area contributed by atoms with Crippen molar-refractivity contribution in [1.82, 2.24) is 4.90 Å². The van der Waals surface area contributed by atoms with Crippen molar-refractivity contribution in [1.29, 1.82) is 0 Å². The summed E-state index contributed by atoms with van der Waals surface area (Å²) in [5, 5.41) is 0. The number of morpholine rings is 1. The zero-order valence-corrected chi connectivity index (χ0v) is 11.8. The minimum atomic E-state index is 0.115. The van der Waals surface area contributed by atoms with Crippen LogP contribution >= 0.6 is 0 Å². The standard InChI is InChI=1S/C15H24N2O2/c1-3-15(16)12-4-6-13(7-5-12)19-11-14-10-17(2)8-9-18-14/h4-7,14-15H,3,8-11,16H2,1-2H3/t14?,15-/m0/s1. The summed E-state index contributed by atoms with van der Waals surface area (Å²) in [6.07, 6.45) is 1.11. The van der Waals surface area contributed by atoms with E-state index in [-0.39, 0.29) is 12.1 Å². The lowest BCUT2D eigenvalue weighted by molar-refractivity contribution is -0.0403. The highest BCUT2D eigenvalue weighted by molar-refractivity contribution is 5.29. The first-order valence-corrected chi connectivity index (χ1v) is 6.97. The van der Waals surface area contributed by atoms with Crippen LogP contribution in [-0.2, 0) is 4.74 Å². The molecule has 1 aromatic rings. The Hall–Kier alpha value is -1.10. The van der Waals surface area contributed by atoms with Gasteiger partial charge in [-0.2, -0.15) is 0 Å². The molecule has 0 saturated carbocycles. The second-order valence-corrected chi connectivity index (χ2v) is 5.15. The SMILES string of the molecule is CC[C@H](N)c1ccc(OCC2CN(C)CCO2)cc1. The summed E-state index contributed by atoms with van der Waals surface area (Å²) < 4.78 is 11.4. The first-order valence-electron chi connectivity index (χ1n) is 6.97. The van der Waals surface area contributed by atoms with Crippen molar-refractivity contribution in [3.05, 3.63) is 29.8 Å². The molecular formula is C15H24N2O2. The van der Waals surface area contributed by atoms with Gasteiger partial charge in [0.05, 0.1) is 6.61 Å². The van der Waals surface area contributed by atoms with Crippen LogP contribution in [0.4, 0.5) is 0 Å². The molecule has 4 nitrogen and oxygen atoms in total. The number of hydrogen-bond acceptors (Lipinski definition) is 4. The molecule has 1 aliphatic heterocycles. The Bertz CT molecular complexity index is 380. The number of likely N-dealkylation sites (N-methyl/N-ethyl adjacent to an activating group) is 1. The van der Waals surface area contributed by atoms with Crippen molar-refractivity contribution in [2.45, 2.75) is 25.5 Å². The van der Waals surface area contributed by atoms with Gasteiger partial charge >= 0.3 is 0 Å². The molecular weight excluding hydrogens is 240 g/mol. The number of benzene rings is 1. The van der Waals surface area contributed by atoms with Crippen molar-refractivity contribution >= 4 is 0 Å². The molecule has 19 heavy (non-hydrogen) atoms. The van der Waals surface area contributed by atoms with Crippen LogP contribution in [0, 0.1) is 0 Å². The summed E-state index contributed by atoms with van der Waals surface area (Å²) >= 11 is 0. The smallest absolute Gasteiger partial charge is 0.119 e. The summed E-state index contributed by atoms with van der Waals surface area (Å²) in [6.45, 7) is 5.41. The van der Waals surface area contributed by atoms with Crippen LogP contribution in [0.3, 0.4) is 0 Å². The lowest BCUT2D eigenvalue weighted by atomic mass is 10.1. The van der Waals surface area contributed by atoms with Crippen molar-refractivity contribution in [2.24, 2.45) is 5.73 Å². The molecule has 1 fully saturated rings. The molecule has 2 atom stereocenters. The maximum absolute atomic E-state index is 5.98. The number of ether oxygens (including phenoxy) is 2. The molecule has 1 aromatic carbocycles. The van der Waals surface area contributed by atoms with Gasteiger partial charge in [0.1, 0.15) is 18.5 Å². The molecule has 0 radical (unpaired) electrons. The normalized spacial score (nSPS) is 22.2. The molecule has 0 amide bonds. The summed E-state index contributed by atoms with van der Waals surface area (Å²) in [6, 6.07) is 8.16. The van der Waals surface area contributed by atoms with E-state index >= 15 is 0 Å². The molecule has 1 saturated heterocycles. The fourth-order valence-corrected chi connectivity index (χ4v) is 2.20. The monoisotopic (exact) mass is 264 g/mol. The first kappa shape index (κ1) is 14.3. The fraction of sp³-hybridized carbons (Fsp3) is 0.600. The van der Waals surface area contributed by atoms with Gasteiger partial charge in [0, 0.05) is 19.1 Å². The minimum Gasteiger partial charge on any atom is -0.491 e. The Morgan fingerprint density at radius 1 is 1.42 bits per heavy atom. The van der Waals surface area contributed by atoms with Crippen LogP contribution < -0.4 is 10.5 Å². The van der Waals surface area contributed by atoms with E-state index in [2.05, 4.69) is 18.9 Å². The third-order valence-corrected chi connectivity index (χ3v) is 3.53. The molecule has 106 valence electrons. The Morgan fingerprint density at radius 3 is 2.79 bits per heavy atom. The summed E-state index contributed by atoms with van der Waals surface area (Å²) in [5.41, 5.74) is 7.14. The third kappa shape index (κ3) is 4.20. The van der Waals surface area contributed by atoms with Gasteiger partial charge in [-0.3, -0.25) is 0 Å². The highest BCUT2D eigenvalue weighted by Crippen LogP contribution is 2.18. The number of nitrogens with two attached hydrogens (primary N) is 1. The first-order chi connectivity index (χ1) is 9.19. The van der Waals surface area contributed by atoms with Gasteiger partial charge in [-0.25, -0.2) is 0 Å². The number of nitrogens with zero attached hydrogens (tertiary/aromatic N) is 1. The molecule has 0 bridgehead atoms. The topological polar surface area (TPSA) is 47.7 Å². The van der Waals surface area contributed by atoms with Gasteiger partial charge in [-0.1, -0.05) is 19.1 Å². The van der Waals surface area contributed by atoms with Gasteiger partial charge in [0.25, 0.3) is 0 Å². The van der Waals surface area contributed by atoms with E-state index in [0.29, 0.717) is 6.61 Å². The molecule has 4 heteroatoms. The molecule has 1 heterocycles. The average molecular weight is 264 g/mol. The van der Waals surface area contributed by atoms with Crippen LogP contribution in [-0.4, -0.2) is 44.4 Å². The third-order valence-electron chi connectivity index (χ3n) is 3.53. The van der Waals surface area contributed by atoms with Gasteiger partial charge in [-0.05, 0) is 31.2 Å². The minimum absolute atomic E-state index is 0.115. The molecule has 2 rings (SSSR count). The van der Waals surface area contributed by atoms with E-state index in [0.717, 1.165) is 37.4 Å². The summed E-state index contributed by atoms with van der Waals surface area (Å²) in [5.74, 6) is 0.879. The Morgan fingerprint density at radius 2 is 2.16 bits per heavy atom. The second kappa shape index (κ2) is 6.89. The highest BCUT2D eigenvalue weighted by Gasteiger charge is 2.18. The van der Waals surface area contributed by atoms with Gasteiger partial charge in [0.2, 0.25) is 0 Å². The fourth-order valence-electron chi connectivity index (χ4n) is 2.20. The maximum atomic E-state index is 5.98. The van der Waals surface area contributed by atoms with Crippen LogP contribution in [0.15, 0.2) is 24.3 Å². The van der Waals surface area contributed by atoms with E-state index in [1.165, 1.54) is 0 Å². The predicted octanol–water partition coefficient (Wildman–Crippen LogP) is 1.81. The molecule has 0 aromatic heterocycles.